The fraction of sp³-hybridized carbons (Fsp3) is 0.909. The zero-order chi connectivity index (χ0) is 9.71. The molecule has 0 aromatic rings. The van der Waals surface area contributed by atoms with Crippen molar-refractivity contribution in [1.82, 2.24) is 0 Å². The van der Waals surface area contributed by atoms with Crippen molar-refractivity contribution in [1.29, 1.82) is 0 Å². The Bertz CT molecular complexity index is 266. The zero-order valence-electron chi connectivity index (χ0n) is 8.19. The highest BCUT2D eigenvalue weighted by molar-refractivity contribution is 8.10. The van der Waals surface area contributed by atoms with E-state index in [9.17, 15) is 0 Å². The molecule has 3 aliphatic carbocycles. The minimum atomic E-state index is 0.407. The van der Waals surface area contributed by atoms with Crippen LogP contribution in [0.5, 0.6) is 0 Å². The Kier molecular flexibility index (Phi) is 2.28. The summed E-state index contributed by atoms with van der Waals surface area (Å²) in [6, 6.07) is 0. The molecule has 0 aliphatic heterocycles. The van der Waals surface area contributed by atoms with Gasteiger partial charge in [-0.15, -0.1) is 0 Å². The third-order valence-electron chi connectivity index (χ3n) is 4.62. The minimum Gasteiger partial charge on any atom is -0.475 e. The molecule has 0 aromatic carbocycles. The topological polar surface area (TPSA) is 9.23 Å². The molecule has 0 amide bonds. The molecule has 3 heteroatoms. The molecule has 3 aliphatic rings. The molecule has 0 N–H and O–H groups in total. The first-order chi connectivity index (χ1) is 6.75. The molecule has 0 aromatic heterocycles. The zero-order valence-corrected chi connectivity index (χ0v) is 9.90. The summed E-state index contributed by atoms with van der Waals surface area (Å²) >= 11 is 8.98. The molecule has 1 unspecified atom stereocenters. The average Bonchev–Trinajstić information content (AvgIpc) is 2.68. The molecule has 5 atom stereocenters. The minimum absolute atomic E-state index is 0.407. The van der Waals surface area contributed by atoms with Crippen molar-refractivity contribution in [3.05, 3.63) is 0 Å². The second kappa shape index (κ2) is 3.38. The van der Waals surface area contributed by atoms with Crippen LogP contribution in [-0.4, -0.2) is 10.5 Å². The molecule has 0 radical (unpaired) electrons. The highest BCUT2D eigenvalue weighted by atomic mass is 32.1. The van der Waals surface area contributed by atoms with E-state index < -0.39 is 0 Å². The molecule has 0 spiro atoms. The lowest BCUT2D eigenvalue weighted by Crippen LogP contribution is -2.30. The summed E-state index contributed by atoms with van der Waals surface area (Å²) in [7, 11) is 0. The Morgan fingerprint density at radius 1 is 1.14 bits per heavy atom. The number of hydrogen-bond donors (Lipinski definition) is 1. The van der Waals surface area contributed by atoms with Crippen molar-refractivity contribution < 1.29 is 4.74 Å². The molecule has 78 valence electrons. The summed E-state index contributed by atoms with van der Waals surface area (Å²) < 4.78 is 6.09. The monoisotopic (exact) mass is 228 g/mol. The van der Waals surface area contributed by atoms with Crippen LogP contribution in [0.2, 0.25) is 0 Å². The molecule has 3 fully saturated rings. The van der Waals surface area contributed by atoms with Crippen LogP contribution in [0.15, 0.2) is 0 Å². The van der Waals surface area contributed by atoms with Gasteiger partial charge in [-0.2, -0.15) is 0 Å². The lowest BCUT2D eigenvalue weighted by Gasteiger charge is -2.31. The van der Waals surface area contributed by atoms with E-state index in [1.54, 1.807) is 0 Å². The number of ether oxygens (including phenoxy) is 1. The third kappa shape index (κ3) is 1.32. The Morgan fingerprint density at radius 2 is 1.93 bits per heavy atom. The van der Waals surface area contributed by atoms with Gasteiger partial charge in [0.1, 0.15) is 6.10 Å². The SMILES string of the molecule is S=C(S)OC1C[C@H]2C[C@@H]1[C@H]1CCC[C@@H]21. The molecule has 0 saturated heterocycles. The predicted octanol–water partition coefficient (Wildman–Crippen LogP) is 3.04. The molecular weight excluding hydrogens is 212 g/mol. The van der Waals surface area contributed by atoms with E-state index >= 15 is 0 Å². The molecular formula is C11H16OS2. The highest BCUT2D eigenvalue weighted by Crippen LogP contribution is 2.59. The normalized spacial score (nSPS) is 49.4. The first-order valence-corrected chi connectivity index (χ1v) is 6.51. The predicted molar refractivity (Wildman–Crippen MR) is 63.5 cm³/mol. The second-order valence-electron chi connectivity index (χ2n) is 5.08. The second-order valence-corrected chi connectivity index (χ2v) is 6.16. The summed E-state index contributed by atoms with van der Waals surface area (Å²) in [5.41, 5.74) is 0. The van der Waals surface area contributed by atoms with Crippen LogP contribution in [0.1, 0.15) is 32.1 Å². The van der Waals surface area contributed by atoms with Gasteiger partial charge in [-0.3, -0.25) is 0 Å². The first-order valence-electron chi connectivity index (χ1n) is 5.65. The first kappa shape index (κ1) is 9.46. The molecule has 3 rings (SSSR count). The smallest absolute Gasteiger partial charge is 0.217 e. The van der Waals surface area contributed by atoms with Gasteiger partial charge in [0.2, 0.25) is 4.38 Å². The van der Waals surface area contributed by atoms with Crippen LogP contribution in [0.3, 0.4) is 0 Å². The third-order valence-corrected chi connectivity index (χ3v) is 4.82. The standard InChI is InChI=1S/C11H16OS2/c13-11(14)12-10-5-6-4-9(10)8-3-1-2-7(6)8/h6-10H,1-5H2,(H,13,14)/t6-,7+,8+,9-,10?/m1/s1. The quantitative estimate of drug-likeness (QED) is 0.545. The van der Waals surface area contributed by atoms with E-state index in [0.29, 0.717) is 10.5 Å². The van der Waals surface area contributed by atoms with Crippen molar-refractivity contribution in [2.24, 2.45) is 23.7 Å². The number of thiocarbonyl (C=S) groups is 1. The maximum absolute atomic E-state index is 5.65. The van der Waals surface area contributed by atoms with Crippen molar-refractivity contribution in [2.75, 3.05) is 0 Å². The van der Waals surface area contributed by atoms with E-state index in [4.69, 9.17) is 17.0 Å². The van der Waals surface area contributed by atoms with Crippen LogP contribution in [0.25, 0.3) is 0 Å². The largest absolute Gasteiger partial charge is 0.475 e. The lowest BCUT2D eigenvalue weighted by molar-refractivity contribution is 0.0814. The summed E-state index contributed by atoms with van der Waals surface area (Å²) in [5, 5.41) is 0. The van der Waals surface area contributed by atoms with E-state index in [0.717, 1.165) is 23.7 Å². The van der Waals surface area contributed by atoms with Crippen molar-refractivity contribution >= 4 is 29.2 Å². The van der Waals surface area contributed by atoms with Gasteiger partial charge in [-0.1, -0.05) is 19.0 Å². The van der Waals surface area contributed by atoms with Gasteiger partial charge in [0.25, 0.3) is 0 Å². The molecule has 14 heavy (non-hydrogen) atoms. The van der Waals surface area contributed by atoms with Gasteiger partial charge >= 0.3 is 0 Å². The van der Waals surface area contributed by atoms with Crippen molar-refractivity contribution in [2.45, 2.75) is 38.2 Å². The van der Waals surface area contributed by atoms with E-state index in [-0.39, 0.29) is 0 Å². The van der Waals surface area contributed by atoms with Crippen LogP contribution >= 0.6 is 24.8 Å². The van der Waals surface area contributed by atoms with Crippen LogP contribution in [0.4, 0.5) is 0 Å². The number of rotatable bonds is 1. The van der Waals surface area contributed by atoms with Crippen molar-refractivity contribution in [3.63, 3.8) is 0 Å². The summed E-state index contributed by atoms with van der Waals surface area (Å²) in [4.78, 5) is 0. The Labute approximate surface area is 96.0 Å². The van der Waals surface area contributed by atoms with Gasteiger partial charge in [0.05, 0.1) is 0 Å². The molecule has 2 bridgehead atoms. The fourth-order valence-electron chi connectivity index (χ4n) is 4.27. The number of thiol groups is 1. The van der Waals surface area contributed by atoms with E-state index in [1.165, 1.54) is 32.1 Å². The van der Waals surface area contributed by atoms with Gasteiger partial charge in [-0.05, 0) is 61.6 Å². The molecule has 1 nitrogen and oxygen atoms in total. The van der Waals surface area contributed by atoms with Gasteiger partial charge in [0, 0.05) is 0 Å². The van der Waals surface area contributed by atoms with Gasteiger partial charge < -0.3 is 4.74 Å². The summed E-state index contributed by atoms with van der Waals surface area (Å²) in [6.07, 6.45) is 7.41. The van der Waals surface area contributed by atoms with E-state index in [2.05, 4.69) is 12.6 Å². The Hall–Kier alpha value is 0.240. The maximum atomic E-state index is 5.65. The van der Waals surface area contributed by atoms with Gasteiger partial charge in [-0.25, -0.2) is 0 Å². The summed E-state index contributed by atoms with van der Waals surface area (Å²) in [6.45, 7) is 0. The number of hydrogen-bond acceptors (Lipinski definition) is 2. The van der Waals surface area contributed by atoms with Crippen molar-refractivity contribution in [3.8, 4) is 0 Å². The average molecular weight is 228 g/mol. The molecule has 3 saturated carbocycles. The fourth-order valence-corrected chi connectivity index (χ4v) is 4.53. The summed E-state index contributed by atoms with van der Waals surface area (Å²) in [5.74, 6) is 3.74. The van der Waals surface area contributed by atoms with Crippen LogP contribution in [0, 0.1) is 23.7 Å². The highest BCUT2D eigenvalue weighted by Gasteiger charge is 2.54. The lowest BCUT2D eigenvalue weighted by atomic mass is 9.80. The maximum Gasteiger partial charge on any atom is 0.217 e. The Balaban J connectivity index is 1.73. The Morgan fingerprint density at radius 3 is 2.71 bits per heavy atom. The number of fused-ring (bicyclic) bond motifs is 5. The van der Waals surface area contributed by atoms with E-state index in [1.807, 2.05) is 0 Å². The van der Waals surface area contributed by atoms with Crippen LogP contribution in [-0.2, 0) is 4.74 Å². The molecule has 0 heterocycles. The van der Waals surface area contributed by atoms with Gasteiger partial charge in [0.15, 0.2) is 0 Å². The van der Waals surface area contributed by atoms with Crippen LogP contribution < -0.4 is 0 Å².